The Morgan fingerprint density at radius 2 is 2.10 bits per heavy atom. The van der Waals surface area contributed by atoms with Crippen LogP contribution in [0.1, 0.15) is 0 Å². The Hall–Kier alpha value is -1.03. The highest BCUT2D eigenvalue weighted by Gasteiger charge is 1.94. The van der Waals surface area contributed by atoms with Gasteiger partial charge in [0, 0.05) is 12.2 Å². The van der Waals surface area contributed by atoms with Crippen molar-refractivity contribution in [3.8, 4) is 0 Å². The normalized spacial score (nSPS) is 9.70. The van der Waals surface area contributed by atoms with Crippen LogP contribution in [-0.2, 0) is 14.3 Å². The van der Waals surface area contributed by atoms with Gasteiger partial charge in [-0.1, -0.05) is 11.6 Å². The molecule has 0 fully saturated rings. The minimum absolute atomic E-state index is 0.275. The van der Waals surface area contributed by atoms with Gasteiger partial charge in [-0.2, -0.15) is 0 Å². The first-order valence-corrected chi connectivity index (χ1v) is 2.84. The zero-order valence-corrected chi connectivity index (χ0v) is 5.67. The summed E-state index contributed by atoms with van der Waals surface area (Å²) in [6.07, 6.45) is 1.46. The Labute approximate surface area is 62.0 Å². The summed E-state index contributed by atoms with van der Waals surface area (Å²) in [6.45, 7) is 0. The van der Waals surface area contributed by atoms with Crippen LogP contribution in [0.2, 0.25) is 0 Å². The van der Waals surface area contributed by atoms with E-state index < -0.39 is 11.9 Å². The molecule has 0 unspecified atom stereocenters. The first kappa shape index (κ1) is 8.97. The lowest BCUT2D eigenvalue weighted by atomic mass is 10.5. The lowest BCUT2D eigenvalue weighted by Gasteiger charge is -1.90. The van der Waals surface area contributed by atoms with Gasteiger partial charge in [0.15, 0.2) is 6.07 Å². The number of ether oxygens (including phenoxy) is 1. The highest BCUT2D eigenvalue weighted by molar-refractivity contribution is 6.17. The standard InChI is InChI=1S/C5H5ClO4/c6-3-10-5(9)2-1-4(7)8/h1-2H,3H2,(H,7,8)/b2-1+. The SMILES string of the molecule is O=C(O)/C=C/C(=O)OCCl. The highest BCUT2D eigenvalue weighted by atomic mass is 35.5. The summed E-state index contributed by atoms with van der Waals surface area (Å²) in [7, 11) is 0. The van der Waals surface area contributed by atoms with Gasteiger partial charge in [0.1, 0.15) is 0 Å². The van der Waals surface area contributed by atoms with Crippen molar-refractivity contribution in [3.63, 3.8) is 0 Å². The topological polar surface area (TPSA) is 63.6 Å². The second-order valence-corrected chi connectivity index (χ2v) is 1.46. The van der Waals surface area contributed by atoms with Crippen LogP contribution >= 0.6 is 11.6 Å². The average molecular weight is 165 g/mol. The molecule has 0 aliphatic heterocycles. The van der Waals surface area contributed by atoms with Crippen LogP contribution in [0.4, 0.5) is 0 Å². The van der Waals surface area contributed by atoms with E-state index in [-0.39, 0.29) is 6.07 Å². The molecule has 0 aromatic heterocycles. The summed E-state index contributed by atoms with van der Waals surface area (Å²) in [5, 5.41) is 8.00. The Bertz CT molecular complexity index is 163. The lowest BCUT2D eigenvalue weighted by Crippen LogP contribution is -1.99. The predicted octanol–water partition coefficient (Wildman–Crippen LogP) is 0.367. The quantitative estimate of drug-likeness (QED) is 0.372. The predicted molar refractivity (Wildman–Crippen MR) is 33.6 cm³/mol. The third-order valence-corrected chi connectivity index (χ3v) is 0.668. The van der Waals surface area contributed by atoms with Crippen LogP contribution in [-0.4, -0.2) is 23.1 Å². The first-order valence-electron chi connectivity index (χ1n) is 2.30. The summed E-state index contributed by atoms with van der Waals surface area (Å²) >= 11 is 4.99. The molecule has 4 nitrogen and oxygen atoms in total. The van der Waals surface area contributed by atoms with Crippen molar-refractivity contribution in [2.45, 2.75) is 0 Å². The van der Waals surface area contributed by atoms with Gasteiger partial charge in [0.25, 0.3) is 0 Å². The van der Waals surface area contributed by atoms with Crippen LogP contribution in [0.3, 0.4) is 0 Å². The number of halogens is 1. The molecular weight excluding hydrogens is 160 g/mol. The summed E-state index contributed by atoms with van der Waals surface area (Å²) in [5.74, 6) is -1.97. The minimum atomic E-state index is -1.20. The molecule has 0 saturated heterocycles. The summed E-state index contributed by atoms with van der Waals surface area (Å²) in [5.41, 5.74) is 0. The zero-order valence-electron chi connectivity index (χ0n) is 4.91. The van der Waals surface area contributed by atoms with Gasteiger partial charge in [-0.15, -0.1) is 0 Å². The number of carbonyl (C=O) groups excluding carboxylic acids is 1. The Kier molecular flexibility index (Phi) is 4.32. The number of carbonyl (C=O) groups is 2. The van der Waals surface area contributed by atoms with Crippen LogP contribution in [0.15, 0.2) is 12.2 Å². The van der Waals surface area contributed by atoms with Crippen molar-refractivity contribution < 1.29 is 19.4 Å². The highest BCUT2D eigenvalue weighted by Crippen LogP contribution is 1.83. The second kappa shape index (κ2) is 4.81. The number of hydrogen-bond acceptors (Lipinski definition) is 3. The fourth-order valence-electron chi connectivity index (χ4n) is 0.241. The molecule has 1 N–H and O–H groups in total. The minimum Gasteiger partial charge on any atom is -0.478 e. The number of hydrogen-bond donors (Lipinski definition) is 1. The molecule has 10 heavy (non-hydrogen) atoms. The van der Waals surface area contributed by atoms with Crippen molar-refractivity contribution in [3.05, 3.63) is 12.2 Å². The summed E-state index contributed by atoms with van der Waals surface area (Å²) in [4.78, 5) is 20.1. The third-order valence-electron chi connectivity index (χ3n) is 0.559. The largest absolute Gasteiger partial charge is 0.478 e. The fourth-order valence-corrected chi connectivity index (χ4v) is 0.349. The molecular formula is C5H5ClO4. The van der Waals surface area contributed by atoms with Gasteiger partial charge < -0.3 is 9.84 Å². The van der Waals surface area contributed by atoms with E-state index in [1.165, 1.54) is 0 Å². The molecule has 0 rings (SSSR count). The van der Waals surface area contributed by atoms with E-state index in [0.717, 1.165) is 6.08 Å². The van der Waals surface area contributed by atoms with Crippen LogP contribution in [0.25, 0.3) is 0 Å². The molecule has 0 heterocycles. The van der Waals surface area contributed by atoms with Crippen LogP contribution in [0.5, 0.6) is 0 Å². The van der Waals surface area contributed by atoms with Gasteiger partial charge in [0.05, 0.1) is 0 Å². The van der Waals surface area contributed by atoms with Crippen molar-refractivity contribution in [2.24, 2.45) is 0 Å². The molecule has 56 valence electrons. The van der Waals surface area contributed by atoms with E-state index in [1.807, 2.05) is 0 Å². The number of alkyl halides is 1. The summed E-state index contributed by atoms with van der Waals surface area (Å²) < 4.78 is 4.17. The smallest absolute Gasteiger partial charge is 0.332 e. The maximum Gasteiger partial charge on any atom is 0.332 e. The van der Waals surface area contributed by atoms with E-state index in [1.54, 1.807) is 0 Å². The monoisotopic (exact) mass is 164 g/mol. The van der Waals surface area contributed by atoms with Gasteiger partial charge >= 0.3 is 11.9 Å². The van der Waals surface area contributed by atoms with Gasteiger partial charge in [0.2, 0.25) is 0 Å². The van der Waals surface area contributed by atoms with Crippen molar-refractivity contribution in [1.82, 2.24) is 0 Å². The molecule has 0 saturated carbocycles. The maximum atomic E-state index is 10.3. The first-order chi connectivity index (χ1) is 4.66. The third kappa shape index (κ3) is 5.11. The molecule has 5 heteroatoms. The number of aliphatic carboxylic acids is 1. The second-order valence-electron chi connectivity index (χ2n) is 1.24. The van der Waals surface area contributed by atoms with E-state index in [4.69, 9.17) is 16.7 Å². The van der Waals surface area contributed by atoms with Gasteiger partial charge in [-0.3, -0.25) is 0 Å². The average Bonchev–Trinajstić information content (AvgIpc) is 1.85. The maximum absolute atomic E-state index is 10.3. The Balaban J connectivity index is 3.67. The molecule has 0 bridgehead atoms. The molecule has 0 spiro atoms. The van der Waals surface area contributed by atoms with Crippen LogP contribution < -0.4 is 0 Å². The van der Waals surface area contributed by atoms with E-state index in [0.29, 0.717) is 6.08 Å². The van der Waals surface area contributed by atoms with Crippen molar-refractivity contribution in [1.29, 1.82) is 0 Å². The molecule has 0 aliphatic rings. The molecule has 0 radical (unpaired) electrons. The van der Waals surface area contributed by atoms with Crippen molar-refractivity contribution >= 4 is 23.5 Å². The van der Waals surface area contributed by atoms with E-state index >= 15 is 0 Å². The molecule has 0 aliphatic carbocycles. The zero-order chi connectivity index (χ0) is 7.98. The number of esters is 1. The van der Waals surface area contributed by atoms with Crippen molar-refractivity contribution in [2.75, 3.05) is 6.07 Å². The van der Waals surface area contributed by atoms with Gasteiger partial charge in [-0.25, -0.2) is 9.59 Å². The Morgan fingerprint density at radius 1 is 1.50 bits per heavy atom. The van der Waals surface area contributed by atoms with Crippen LogP contribution in [0, 0.1) is 0 Å². The van der Waals surface area contributed by atoms with Gasteiger partial charge in [-0.05, 0) is 0 Å². The molecule has 0 amide bonds. The number of carboxylic acids is 1. The molecule has 0 aromatic rings. The number of rotatable bonds is 3. The van der Waals surface area contributed by atoms with E-state index in [2.05, 4.69) is 4.74 Å². The fraction of sp³-hybridized carbons (Fsp3) is 0.200. The van der Waals surface area contributed by atoms with E-state index in [9.17, 15) is 9.59 Å². The molecule has 0 aromatic carbocycles. The lowest BCUT2D eigenvalue weighted by molar-refractivity contribution is -0.137. The molecule has 0 atom stereocenters. The Morgan fingerprint density at radius 3 is 2.50 bits per heavy atom. The summed E-state index contributed by atoms with van der Waals surface area (Å²) in [6, 6.07) is -0.275. The number of carboxylic acid groups (broad SMARTS) is 1.